The van der Waals surface area contributed by atoms with Gasteiger partial charge in [-0.15, -0.1) is 11.3 Å². The second-order valence-electron chi connectivity index (χ2n) is 8.71. The molecule has 6 nitrogen and oxygen atoms in total. The van der Waals surface area contributed by atoms with E-state index in [0.717, 1.165) is 53.9 Å². The molecule has 3 aromatic rings. The number of fused-ring (bicyclic) bond motifs is 3. The minimum absolute atomic E-state index is 0.111. The summed E-state index contributed by atoms with van der Waals surface area (Å²) in [5.74, 6) is -0.111. The van der Waals surface area contributed by atoms with Crippen molar-refractivity contribution in [3.63, 3.8) is 0 Å². The number of aromatic nitrogens is 1. The summed E-state index contributed by atoms with van der Waals surface area (Å²) in [5, 5.41) is 4.15. The summed E-state index contributed by atoms with van der Waals surface area (Å²) >= 11 is 1.71. The van der Waals surface area contributed by atoms with E-state index in [1.165, 1.54) is 9.60 Å². The summed E-state index contributed by atoms with van der Waals surface area (Å²) in [6, 6.07) is 16.1. The number of para-hydroxylation sites is 1. The topological polar surface area (TPSA) is 65.5 Å². The highest BCUT2D eigenvalue weighted by Crippen LogP contribution is 2.41. The molecule has 7 heteroatoms. The lowest BCUT2D eigenvalue weighted by atomic mass is 9.76. The first-order valence-corrected chi connectivity index (χ1v) is 11.8. The highest BCUT2D eigenvalue weighted by atomic mass is 32.1. The zero-order valence-corrected chi connectivity index (χ0v) is 18.0. The minimum Gasteiger partial charge on any atom is -0.319 e. The highest BCUT2D eigenvalue weighted by Gasteiger charge is 2.54. The molecule has 31 heavy (non-hydrogen) atoms. The van der Waals surface area contributed by atoms with Crippen LogP contribution in [0.1, 0.15) is 47.9 Å². The molecule has 0 saturated carbocycles. The Bertz CT molecular complexity index is 1160. The quantitative estimate of drug-likeness (QED) is 0.631. The Hall–Kier alpha value is -2.77. The first-order chi connectivity index (χ1) is 15.2. The van der Waals surface area contributed by atoms with Gasteiger partial charge in [0.25, 0.3) is 5.91 Å². The maximum Gasteiger partial charge on any atom is 0.326 e. The van der Waals surface area contributed by atoms with Crippen molar-refractivity contribution < 1.29 is 9.59 Å². The van der Waals surface area contributed by atoms with Gasteiger partial charge in [0.2, 0.25) is 0 Å². The molecule has 2 aromatic carbocycles. The lowest BCUT2D eigenvalue weighted by molar-refractivity contribution is -0.133. The van der Waals surface area contributed by atoms with Crippen molar-refractivity contribution in [1.82, 2.24) is 20.1 Å². The summed E-state index contributed by atoms with van der Waals surface area (Å²) in [4.78, 5) is 35.1. The van der Waals surface area contributed by atoms with Crippen LogP contribution in [0.4, 0.5) is 4.79 Å². The lowest BCUT2D eigenvalue weighted by Crippen LogP contribution is -2.47. The van der Waals surface area contributed by atoms with Crippen LogP contribution in [0, 0.1) is 0 Å². The third-order valence-corrected chi connectivity index (χ3v) is 8.07. The highest BCUT2D eigenvalue weighted by molar-refractivity contribution is 7.18. The number of likely N-dealkylation sites (tertiary alicyclic amines) is 1. The largest absolute Gasteiger partial charge is 0.326 e. The summed E-state index contributed by atoms with van der Waals surface area (Å²) in [6.45, 7) is 1.18. The molecule has 1 aromatic heterocycles. The number of amides is 3. The van der Waals surface area contributed by atoms with Crippen LogP contribution in [0.2, 0.25) is 0 Å². The van der Waals surface area contributed by atoms with E-state index in [2.05, 4.69) is 22.3 Å². The molecule has 2 fully saturated rings. The van der Waals surface area contributed by atoms with Crippen molar-refractivity contribution in [2.45, 2.75) is 43.7 Å². The second kappa shape index (κ2) is 7.14. The van der Waals surface area contributed by atoms with Crippen LogP contribution in [-0.2, 0) is 16.8 Å². The molecular formula is C24H24N4O2S. The van der Waals surface area contributed by atoms with Crippen LogP contribution in [0.3, 0.4) is 0 Å². The van der Waals surface area contributed by atoms with Gasteiger partial charge in [-0.3, -0.25) is 9.69 Å². The fourth-order valence-electron chi connectivity index (χ4n) is 5.43. The molecule has 2 atom stereocenters. The van der Waals surface area contributed by atoms with Crippen LogP contribution >= 0.6 is 11.3 Å². The Morgan fingerprint density at radius 3 is 2.84 bits per heavy atom. The van der Waals surface area contributed by atoms with Crippen LogP contribution < -0.4 is 5.32 Å². The lowest BCUT2D eigenvalue weighted by Gasteiger charge is -2.33. The molecular weight excluding hydrogens is 408 g/mol. The molecule has 3 aliphatic rings. The van der Waals surface area contributed by atoms with E-state index in [4.69, 9.17) is 4.98 Å². The average molecular weight is 433 g/mol. The third kappa shape index (κ3) is 2.91. The molecule has 0 bridgehead atoms. The van der Waals surface area contributed by atoms with Crippen LogP contribution in [0.25, 0.3) is 10.2 Å². The van der Waals surface area contributed by atoms with Gasteiger partial charge >= 0.3 is 6.03 Å². The fraction of sp³-hybridized carbons (Fsp3) is 0.375. The monoisotopic (exact) mass is 432 g/mol. The van der Waals surface area contributed by atoms with Gasteiger partial charge in [0.05, 0.1) is 22.9 Å². The van der Waals surface area contributed by atoms with Crippen molar-refractivity contribution >= 4 is 33.5 Å². The first kappa shape index (κ1) is 19.0. The molecule has 2 aliphatic heterocycles. The van der Waals surface area contributed by atoms with Gasteiger partial charge in [-0.1, -0.05) is 36.4 Å². The number of carbonyl (C=O) groups is 2. The number of imide groups is 1. The maximum absolute atomic E-state index is 13.6. The van der Waals surface area contributed by atoms with E-state index in [-0.39, 0.29) is 18.0 Å². The number of carbonyl (C=O) groups excluding carboxylic acids is 2. The van der Waals surface area contributed by atoms with Gasteiger partial charge in [-0.2, -0.15) is 0 Å². The number of thiazole rings is 1. The second-order valence-corrected chi connectivity index (χ2v) is 9.77. The SMILES string of the molecule is O=C1N[C@@]2(CCCc3ccccc32)C(=O)N1CN1CCC[C@@H]1c1nc2ccccc2s1. The number of nitrogens with zero attached hydrogens (tertiary/aromatic N) is 3. The Morgan fingerprint density at radius 1 is 1.10 bits per heavy atom. The molecule has 0 unspecified atom stereocenters. The average Bonchev–Trinajstić information content (AvgIpc) is 3.48. The van der Waals surface area contributed by atoms with E-state index in [0.29, 0.717) is 13.1 Å². The van der Waals surface area contributed by atoms with Gasteiger partial charge in [0.1, 0.15) is 10.5 Å². The van der Waals surface area contributed by atoms with Crippen LogP contribution in [0.5, 0.6) is 0 Å². The predicted molar refractivity (Wildman–Crippen MR) is 120 cm³/mol. The van der Waals surface area contributed by atoms with Crippen molar-refractivity contribution in [3.05, 3.63) is 64.7 Å². The number of aryl methyl sites for hydroxylation is 1. The van der Waals surface area contributed by atoms with Crippen LogP contribution in [-0.4, -0.2) is 39.9 Å². The zero-order chi connectivity index (χ0) is 21.0. The van der Waals surface area contributed by atoms with E-state index in [1.54, 1.807) is 11.3 Å². The molecule has 1 N–H and O–H groups in total. The van der Waals surface area contributed by atoms with E-state index in [1.807, 2.05) is 36.4 Å². The van der Waals surface area contributed by atoms with Crippen LogP contribution in [0.15, 0.2) is 48.5 Å². The molecule has 6 rings (SSSR count). The van der Waals surface area contributed by atoms with Crippen molar-refractivity contribution in [3.8, 4) is 0 Å². The van der Waals surface area contributed by atoms with E-state index >= 15 is 0 Å². The molecule has 158 valence electrons. The van der Waals surface area contributed by atoms with Gasteiger partial charge < -0.3 is 5.32 Å². The number of hydrogen-bond acceptors (Lipinski definition) is 5. The molecule has 1 aliphatic carbocycles. The first-order valence-electron chi connectivity index (χ1n) is 11.0. The van der Waals surface area contributed by atoms with Gasteiger partial charge in [-0.05, 0) is 55.4 Å². The minimum atomic E-state index is -0.906. The zero-order valence-electron chi connectivity index (χ0n) is 17.2. The Kier molecular flexibility index (Phi) is 4.36. The van der Waals surface area contributed by atoms with Gasteiger partial charge in [0, 0.05) is 6.54 Å². The van der Waals surface area contributed by atoms with Gasteiger partial charge in [-0.25, -0.2) is 14.7 Å². The fourth-order valence-corrected chi connectivity index (χ4v) is 6.57. The Balaban J connectivity index is 1.28. The molecule has 0 radical (unpaired) electrons. The summed E-state index contributed by atoms with van der Waals surface area (Å²) in [5.41, 5.74) is 2.24. The van der Waals surface area contributed by atoms with Crippen molar-refractivity contribution in [2.24, 2.45) is 0 Å². The predicted octanol–water partition coefficient (Wildman–Crippen LogP) is 4.17. The Morgan fingerprint density at radius 2 is 1.94 bits per heavy atom. The van der Waals surface area contributed by atoms with E-state index < -0.39 is 5.54 Å². The molecule has 2 saturated heterocycles. The molecule has 3 amide bonds. The number of hydrogen-bond donors (Lipinski definition) is 1. The number of nitrogens with one attached hydrogen (secondary N) is 1. The van der Waals surface area contributed by atoms with Crippen molar-refractivity contribution in [2.75, 3.05) is 13.2 Å². The molecule has 1 spiro atoms. The Labute approximate surface area is 184 Å². The standard InChI is InChI=1S/C24H24N4O2S/c29-22-24(13-5-8-16-7-1-2-9-17(16)24)26-23(30)28(22)15-27-14-6-11-19(27)21-25-18-10-3-4-12-20(18)31-21/h1-4,7,9-10,12,19H,5-6,8,11,13-15H2,(H,26,30)/t19-,24-/m1/s1. The normalized spacial score (nSPS) is 26.1. The van der Waals surface area contributed by atoms with Gasteiger partial charge in [0.15, 0.2) is 0 Å². The van der Waals surface area contributed by atoms with E-state index in [9.17, 15) is 9.59 Å². The maximum atomic E-state index is 13.6. The summed E-state index contributed by atoms with van der Waals surface area (Å²) in [6.07, 6.45) is 4.55. The van der Waals surface area contributed by atoms with Crippen molar-refractivity contribution in [1.29, 1.82) is 0 Å². The third-order valence-electron chi connectivity index (χ3n) is 6.93. The number of rotatable bonds is 3. The number of benzene rings is 2. The smallest absolute Gasteiger partial charge is 0.319 e. The number of urea groups is 1. The summed E-state index contributed by atoms with van der Waals surface area (Å²) in [7, 11) is 0. The summed E-state index contributed by atoms with van der Waals surface area (Å²) < 4.78 is 1.18. The molecule has 3 heterocycles.